The molecule has 0 aliphatic heterocycles. The lowest BCUT2D eigenvalue weighted by Crippen LogP contribution is -2.11. The van der Waals surface area contributed by atoms with Crippen LogP contribution in [-0.2, 0) is 9.98 Å². The Morgan fingerprint density at radius 3 is 1.92 bits per heavy atom. The van der Waals surface area contributed by atoms with Gasteiger partial charge >= 0.3 is 7.15 Å². The first-order chi connectivity index (χ1) is 5.91. The summed E-state index contributed by atoms with van der Waals surface area (Å²) >= 11 is 5.48. The van der Waals surface area contributed by atoms with Gasteiger partial charge in [-0.1, -0.05) is 32.9 Å². The van der Waals surface area contributed by atoms with Crippen LogP contribution in [-0.4, -0.2) is 0 Å². The number of hydrogen-bond donors (Lipinski definition) is 0. The quantitative estimate of drug-likeness (QED) is 0.655. The third kappa shape index (κ3) is 2.79. The van der Waals surface area contributed by atoms with Crippen LogP contribution in [0.5, 0.6) is 0 Å². The summed E-state index contributed by atoms with van der Waals surface area (Å²) < 4.78 is 10.9. The molecule has 1 aromatic rings. The summed E-state index contributed by atoms with van der Waals surface area (Å²) in [4.78, 5) is 0. The third-order valence-corrected chi connectivity index (χ3v) is 3.23. The maximum Gasteiger partial charge on any atom is 0.494 e. The second kappa shape index (κ2) is 3.77. The number of benzene rings is 1. The standard InChI is InChI=1S/C10H13ClOP/c1-10(2,3)8-4-6-9(7-5-8)13(11)12/h4-7H,1-3H3/q+1. The average Bonchev–Trinajstić information content (AvgIpc) is 2.03. The highest BCUT2D eigenvalue weighted by Gasteiger charge is 2.18. The fourth-order valence-corrected chi connectivity index (χ4v) is 1.80. The van der Waals surface area contributed by atoms with Gasteiger partial charge in [0, 0.05) is 0 Å². The Labute approximate surface area is 84.7 Å². The molecule has 0 radical (unpaired) electrons. The van der Waals surface area contributed by atoms with Gasteiger partial charge in [0.2, 0.25) is 16.5 Å². The highest BCUT2D eigenvalue weighted by atomic mass is 35.7. The van der Waals surface area contributed by atoms with Gasteiger partial charge in [-0.25, -0.2) is 0 Å². The van der Waals surface area contributed by atoms with Crippen LogP contribution in [0.25, 0.3) is 0 Å². The molecular weight excluding hydrogens is 203 g/mol. The molecule has 0 saturated heterocycles. The zero-order valence-electron chi connectivity index (χ0n) is 8.04. The molecule has 0 aromatic heterocycles. The van der Waals surface area contributed by atoms with Crippen molar-refractivity contribution in [3.8, 4) is 0 Å². The van der Waals surface area contributed by atoms with Crippen molar-refractivity contribution in [2.24, 2.45) is 0 Å². The first-order valence-electron chi connectivity index (χ1n) is 4.15. The van der Waals surface area contributed by atoms with Gasteiger partial charge in [0.1, 0.15) is 0 Å². The molecule has 3 heteroatoms. The van der Waals surface area contributed by atoms with Gasteiger partial charge in [-0.15, -0.1) is 0 Å². The smallest absolute Gasteiger partial charge is 0.0561 e. The van der Waals surface area contributed by atoms with E-state index in [2.05, 4.69) is 20.8 Å². The summed E-state index contributed by atoms with van der Waals surface area (Å²) in [6.45, 7) is 6.42. The molecule has 1 unspecified atom stereocenters. The number of hydrogen-bond acceptors (Lipinski definition) is 1. The van der Waals surface area contributed by atoms with E-state index in [1.807, 2.05) is 24.3 Å². The van der Waals surface area contributed by atoms with Crippen LogP contribution in [0, 0.1) is 0 Å². The van der Waals surface area contributed by atoms with Crippen molar-refractivity contribution in [1.29, 1.82) is 0 Å². The van der Waals surface area contributed by atoms with Crippen molar-refractivity contribution in [1.82, 2.24) is 0 Å². The second-order valence-corrected chi connectivity index (χ2v) is 5.97. The van der Waals surface area contributed by atoms with Gasteiger partial charge < -0.3 is 0 Å². The van der Waals surface area contributed by atoms with Crippen LogP contribution in [0.2, 0.25) is 0 Å². The minimum absolute atomic E-state index is 0.135. The van der Waals surface area contributed by atoms with Crippen molar-refractivity contribution in [3.05, 3.63) is 29.8 Å². The Hall–Kier alpha value is -0.390. The van der Waals surface area contributed by atoms with Crippen LogP contribution >= 0.6 is 18.4 Å². The molecule has 0 aliphatic carbocycles. The van der Waals surface area contributed by atoms with Gasteiger partial charge in [0.15, 0.2) is 0 Å². The van der Waals surface area contributed by atoms with Crippen LogP contribution in [0.1, 0.15) is 26.3 Å². The van der Waals surface area contributed by atoms with Crippen LogP contribution in [0.15, 0.2) is 24.3 Å². The van der Waals surface area contributed by atoms with Crippen LogP contribution in [0.3, 0.4) is 0 Å². The largest absolute Gasteiger partial charge is 0.494 e. The third-order valence-electron chi connectivity index (χ3n) is 1.94. The SMILES string of the molecule is CC(C)(C)c1ccc([P+](=O)Cl)cc1. The summed E-state index contributed by atoms with van der Waals surface area (Å²) in [7, 11) is -1.72. The van der Waals surface area contributed by atoms with E-state index in [0.29, 0.717) is 5.30 Å². The van der Waals surface area contributed by atoms with E-state index >= 15 is 0 Å². The fourth-order valence-electron chi connectivity index (χ4n) is 1.08. The van der Waals surface area contributed by atoms with E-state index in [1.54, 1.807) is 0 Å². The van der Waals surface area contributed by atoms with E-state index < -0.39 is 7.15 Å². The molecule has 0 spiro atoms. The van der Waals surface area contributed by atoms with Crippen molar-refractivity contribution in [3.63, 3.8) is 0 Å². The van der Waals surface area contributed by atoms with Crippen LogP contribution in [0.4, 0.5) is 0 Å². The van der Waals surface area contributed by atoms with Crippen molar-refractivity contribution >= 4 is 23.7 Å². The predicted octanol–water partition coefficient (Wildman–Crippen LogP) is 3.59. The molecular formula is C10H13ClOP+. The lowest BCUT2D eigenvalue weighted by atomic mass is 9.87. The Morgan fingerprint density at radius 2 is 1.62 bits per heavy atom. The molecule has 1 nitrogen and oxygen atoms in total. The lowest BCUT2D eigenvalue weighted by molar-refractivity contribution is 0.590. The number of rotatable bonds is 1. The van der Waals surface area contributed by atoms with E-state index in [0.717, 1.165) is 0 Å². The zero-order valence-corrected chi connectivity index (χ0v) is 9.69. The van der Waals surface area contributed by atoms with Gasteiger partial charge in [-0.2, -0.15) is 0 Å². The molecule has 0 bridgehead atoms. The average molecular weight is 216 g/mol. The van der Waals surface area contributed by atoms with E-state index in [4.69, 9.17) is 11.2 Å². The lowest BCUT2D eigenvalue weighted by Gasteiger charge is -2.18. The fraction of sp³-hybridized carbons (Fsp3) is 0.400. The minimum Gasteiger partial charge on any atom is -0.0561 e. The van der Waals surface area contributed by atoms with Gasteiger partial charge in [0.05, 0.1) is 0 Å². The minimum atomic E-state index is -1.72. The van der Waals surface area contributed by atoms with Crippen molar-refractivity contribution < 1.29 is 4.57 Å². The Kier molecular flexibility index (Phi) is 3.10. The van der Waals surface area contributed by atoms with Gasteiger partial charge in [-0.3, -0.25) is 0 Å². The molecule has 1 atom stereocenters. The molecule has 0 amide bonds. The summed E-state index contributed by atoms with van der Waals surface area (Å²) in [5.41, 5.74) is 1.36. The highest BCUT2D eigenvalue weighted by Crippen LogP contribution is 2.27. The summed E-state index contributed by atoms with van der Waals surface area (Å²) in [6.07, 6.45) is 0. The van der Waals surface area contributed by atoms with E-state index in [-0.39, 0.29) is 5.41 Å². The molecule has 0 fully saturated rings. The summed E-state index contributed by atoms with van der Waals surface area (Å²) in [6, 6.07) is 7.61. The highest BCUT2D eigenvalue weighted by molar-refractivity contribution is 7.80. The summed E-state index contributed by atoms with van der Waals surface area (Å²) in [5, 5.41) is 0.699. The number of halogens is 1. The normalized spacial score (nSPS) is 12.8. The van der Waals surface area contributed by atoms with Gasteiger partial charge in [-0.05, 0) is 27.7 Å². The zero-order chi connectivity index (χ0) is 10.1. The molecule has 1 aromatic carbocycles. The van der Waals surface area contributed by atoms with E-state index in [9.17, 15) is 4.57 Å². The molecule has 0 aliphatic rings. The maximum absolute atomic E-state index is 10.9. The molecule has 13 heavy (non-hydrogen) atoms. The van der Waals surface area contributed by atoms with Crippen molar-refractivity contribution in [2.45, 2.75) is 26.2 Å². The van der Waals surface area contributed by atoms with Gasteiger partial charge in [0.25, 0.3) is 0 Å². The van der Waals surface area contributed by atoms with Crippen molar-refractivity contribution in [2.75, 3.05) is 0 Å². The van der Waals surface area contributed by atoms with Crippen LogP contribution < -0.4 is 5.30 Å². The molecule has 0 heterocycles. The first kappa shape index (κ1) is 10.7. The maximum atomic E-state index is 10.9. The first-order valence-corrected chi connectivity index (χ1v) is 6.31. The molecule has 70 valence electrons. The molecule has 0 saturated carbocycles. The topological polar surface area (TPSA) is 17.1 Å². The van der Waals surface area contributed by atoms with E-state index in [1.165, 1.54) is 5.56 Å². The predicted molar refractivity (Wildman–Crippen MR) is 58.2 cm³/mol. The Bertz CT molecular complexity index is 311. The summed E-state index contributed by atoms with van der Waals surface area (Å²) in [5.74, 6) is 0. The molecule has 1 rings (SSSR count). The Balaban J connectivity index is 3.01. The monoisotopic (exact) mass is 215 g/mol. The molecule has 0 N–H and O–H groups in total. The second-order valence-electron chi connectivity index (χ2n) is 4.04. The Morgan fingerprint density at radius 1 is 1.15 bits per heavy atom.